The number of hydrogen-bond donors (Lipinski definition) is 1. The first kappa shape index (κ1) is 40.3. The summed E-state index contributed by atoms with van der Waals surface area (Å²) in [6.45, 7) is 15.2. The van der Waals surface area contributed by atoms with Crippen molar-refractivity contribution in [2.45, 2.75) is 72.3 Å². The van der Waals surface area contributed by atoms with Gasteiger partial charge in [-0.1, -0.05) is 39.3 Å². The molecule has 1 atom stereocenters. The number of benzene rings is 1. The van der Waals surface area contributed by atoms with Crippen molar-refractivity contribution in [3.8, 4) is 11.8 Å². The molecule has 13 heteroatoms. The molecule has 0 bridgehead atoms. The van der Waals surface area contributed by atoms with Crippen molar-refractivity contribution in [2.24, 2.45) is 28.6 Å². The number of hydrogen-bond acceptors (Lipinski definition) is 11. The van der Waals surface area contributed by atoms with Crippen molar-refractivity contribution in [1.29, 1.82) is 5.26 Å². The molecule has 3 saturated heterocycles. The summed E-state index contributed by atoms with van der Waals surface area (Å²) in [6, 6.07) is 14.8. The van der Waals surface area contributed by atoms with Gasteiger partial charge in [-0.3, -0.25) is 34.4 Å². The Labute approximate surface area is 339 Å². The normalized spacial score (nSPS) is 23.6. The molecule has 3 aliphatic heterocycles. The maximum absolute atomic E-state index is 13.6. The van der Waals surface area contributed by atoms with Crippen LogP contribution in [-0.2, 0) is 9.59 Å². The summed E-state index contributed by atoms with van der Waals surface area (Å²) in [6.07, 6.45) is 6.66. The molecule has 300 valence electrons. The van der Waals surface area contributed by atoms with Crippen LogP contribution in [0, 0.1) is 39.9 Å². The summed E-state index contributed by atoms with van der Waals surface area (Å²) in [4.78, 5) is 66.1. The maximum Gasteiger partial charge on any atom is 0.230 e. The molecule has 0 spiro atoms. The minimum absolute atomic E-state index is 0.0596. The number of ether oxygens (including phenoxy) is 1. The van der Waals surface area contributed by atoms with Crippen LogP contribution >= 0.6 is 11.6 Å². The van der Waals surface area contributed by atoms with Crippen LogP contribution < -0.4 is 19.9 Å². The molecule has 4 fully saturated rings. The molecular weight excluding hydrogens is 742 g/mol. The highest BCUT2D eigenvalue weighted by atomic mass is 35.5. The second-order valence-electron chi connectivity index (χ2n) is 17.4. The third-order valence-corrected chi connectivity index (χ3v) is 13.2. The minimum atomic E-state index is -0.484. The summed E-state index contributed by atoms with van der Waals surface area (Å²) in [5.41, 5.74) is 1.88. The number of Topliss-reactive ketones (excluding diaryl/α,β-unsaturated/α-hetero) is 2. The van der Waals surface area contributed by atoms with E-state index in [0.717, 1.165) is 70.2 Å². The first-order valence-corrected chi connectivity index (χ1v) is 20.5. The number of halogens is 1. The predicted molar refractivity (Wildman–Crippen MR) is 217 cm³/mol. The summed E-state index contributed by atoms with van der Waals surface area (Å²) >= 11 is 6.26. The van der Waals surface area contributed by atoms with Crippen LogP contribution in [0.25, 0.3) is 0 Å². The van der Waals surface area contributed by atoms with E-state index >= 15 is 0 Å². The Hall–Kier alpha value is -4.86. The van der Waals surface area contributed by atoms with E-state index in [9.17, 15) is 24.4 Å². The Bertz CT molecular complexity index is 2010. The lowest BCUT2D eigenvalue weighted by Gasteiger charge is -2.63. The zero-order valence-corrected chi connectivity index (χ0v) is 34.1. The Kier molecular flexibility index (Phi) is 11.7. The summed E-state index contributed by atoms with van der Waals surface area (Å²) in [5, 5.41) is 11.9. The van der Waals surface area contributed by atoms with Gasteiger partial charge in [0, 0.05) is 99.7 Å². The molecule has 7 rings (SSSR count). The SMILES string of the molecule is CC1(C)C(CC(=O)c2ccc(N3CCC(CN4CCN(c5ccc(C(=O)CC6CCC(=O)NC6=O)nc5)CC4)CC3)nc2)C(C)(C)C1Oc1ccc(C#N)c(Cl)c1. The number of carbonyl (C=O) groups is 4. The third-order valence-electron chi connectivity index (χ3n) is 12.9. The fourth-order valence-electron chi connectivity index (χ4n) is 9.75. The van der Waals surface area contributed by atoms with Gasteiger partial charge in [-0.25, -0.2) is 4.98 Å². The van der Waals surface area contributed by atoms with Crippen LogP contribution in [0.1, 0.15) is 92.6 Å². The number of nitrogens with zero attached hydrogens (tertiary/aromatic N) is 6. The molecule has 1 unspecified atom stereocenters. The lowest BCUT2D eigenvalue weighted by molar-refractivity contribution is -0.196. The van der Waals surface area contributed by atoms with Crippen LogP contribution in [0.15, 0.2) is 54.9 Å². The van der Waals surface area contributed by atoms with Crippen molar-refractivity contribution in [3.63, 3.8) is 0 Å². The number of rotatable bonds is 12. The quantitative estimate of drug-likeness (QED) is 0.161. The van der Waals surface area contributed by atoms with Crippen LogP contribution in [-0.4, -0.2) is 90.2 Å². The second kappa shape index (κ2) is 16.5. The van der Waals surface area contributed by atoms with Gasteiger partial charge in [0.2, 0.25) is 11.8 Å². The number of nitrogens with one attached hydrogen (secondary N) is 1. The van der Waals surface area contributed by atoms with Gasteiger partial charge in [-0.15, -0.1) is 0 Å². The van der Waals surface area contributed by atoms with Gasteiger partial charge in [0.15, 0.2) is 11.6 Å². The third kappa shape index (κ3) is 8.70. The smallest absolute Gasteiger partial charge is 0.230 e. The minimum Gasteiger partial charge on any atom is -0.489 e. The van der Waals surface area contributed by atoms with Gasteiger partial charge in [0.25, 0.3) is 0 Å². The number of carbonyl (C=O) groups excluding carboxylic acids is 4. The summed E-state index contributed by atoms with van der Waals surface area (Å²) in [7, 11) is 0. The first-order chi connectivity index (χ1) is 27.2. The molecule has 3 aromatic rings. The van der Waals surface area contributed by atoms with Gasteiger partial charge < -0.3 is 14.5 Å². The van der Waals surface area contributed by atoms with Crippen LogP contribution in [0.3, 0.4) is 0 Å². The van der Waals surface area contributed by atoms with Crippen LogP contribution in [0.2, 0.25) is 5.02 Å². The number of piperazine rings is 1. The zero-order valence-electron chi connectivity index (χ0n) is 33.3. The molecule has 2 aromatic heterocycles. The molecule has 5 heterocycles. The van der Waals surface area contributed by atoms with Gasteiger partial charge in [0.1, 0.15) is 29.4 Å². The van der Waals surface area contributed by atoms with Gasteiger partial charge >= 0.3 is 0 Å². The lowest BCUT2D eigenvalue weighted by Crippen LogP contribution is -2.66. The average Bonchev–Trinajstić information content (AvgIpc) is 3.20. The zero-order chi connectivity index (χ0) is 40.5. The van der Waals surface area contributed by atoms with Crippen molar-refractivity contribution < 1.29 is 23.9 Å². The first-order valence-electron chi connectivity index (χ1n) is 20.1. The van der Waals surface area contributed by atoms with E-state index in [2.05, 4.69) is 58.8 Å². The number of amides is 2. The highest BCUT2D eigenvalue weighted by Gasteiger charge is 2.63. The fraction of sp³-hybridized carbons (Fsp3) is 0.523. The Morgan fingerprint density at radius 3 is 2.23 bits per heavy atom. The van der Waals surface area contributed by atoms with Crippen molar-refractivity contribution in [1.82, 2.24) is 20.2 Å². The molecule has 1 N–H and O–H groups in total. The molecule has 57 heavy (non-hydrogen) atoms. The number of ketones is 2. The van der Waals surface area contributed by atoms with E-state index in [1.807, 2.05) is 18.2 Å². The van der Waals surface area contributed by atoms with E-state index < -0.39 is 5.92 Å². The lowest BCUT2D eigenvalue weighted by atomic mass is 9.44. The average molecular weight is 794 g/mol. The van der Waals surface area contributed by atoms with Gasteiger partial charge in [-0.2, -0.15) is 5.26 Å². The van der Waals surface area contributed by atoms with E-state index in [0.29, 0.717) is 46.4 Å². The largest absolute Gasteiger partial charge is 0.489 e. The van der Waals surface area contributed by atoms with Crippen molar-refractivity contribution in [2.75, 3.05) is 55.6 Å². The predicted octanol–water partition coefficient (Wildman–Crippen LogP) is 6.37. The topological polar surface area (TPSA) is 149 Å². The molecule has 1 aromatic carbocycles. The highest BCUT2D eigenvalue weighted by Crippen LogP contribution is 2.61. The van der Waals surface area contributed by atoms with Crippen molar-refractivity contribution >= 4 is 46.5 Å². The summed E-state index contributed by atoms with van der Waals surface area (Å²) in [5.74, 6) is 1.02. The highest BCUT2D eigenvalue weighted by molar-refractivity contribution is 6.31. The van der Waals surface area contributed by atoms with E-state index in [4.69, 9.17) is 21.3 Å². The number of nitriles is 1. The summed E-state index contributed by atoms with van der Waals surface area (Å²) < 4.78 is 6.41. The standard InChI is InChI=1S/C44H52ClN7O5/c1-43(2)38(44(3,4)42(43)57-33-9-5-30(24-46)34(45)22-33)23-36(53)31-6-11-39(48-25-31)52-15-13-28(14-16-52)27-50-17-19-51(20-18-50)32-8-10-35(47-26-32)37(54)21-29-7-12-40(55)49-41(29)56/h5-6,8-11,22,25-26,28-29,38,42H,7,12-21,23,27H2,1-4H3,(H,49,55,56). The van der Waals surface area contributed by atoms with E-state index in [-0.39, 0.29) is 59.1 Å². The molecular formula is C44H52ClN7O5. The molecule has 0 radical (unpaired) electrons. The number of imide groups is 1. The molecule has 4 aliphatic rings. The Balaban J connectivity index is 0.832. The maximum atomic E-state index is 13.6. The van der Waals surface area contributed by atoms with Gasteiger partial charge in [-0.05, 0) is 67.5 Å². The second-order valence-corrected chi connectivity index (χ2v) is 17.8. The van der Waals surface area contributed by atoms with Gasteiger partial charge in [0.05, 0.1) is 22.5 Å². The van der Waals surface area contributed by atoms with Crippen LogP contribution in [0.5, 0.6) is 5.75 Å². The molecule has 1 aliphatic carbocycles. The molecule has 2 amide bonds. The number of aromatic nitrogens is 2. The molecule has 12 nitrogen and oxygen atoms in total. The molecule has 1 saturated carbocycles. The Morgan fingerprint density at radius 2 is 1.61 bits per heavy atom. The van der Waals surface area contributed by atoms with E-state index in [1.165, 1.54) is 0 Å². The van der Waals surface area contributed by atoms with Crippen LogP contribution in [0.4, 0.5) is 11.5 Å². The van der Waals surface area contributed by atoms with E-state index in [1.54, 1.807) is 36.7 Å². The Morgan fingerprint density at radius 1 is 0.877 bits per heavy atom. The number of piperidine rings is 2. The monoisotopic (exact) mass is 793 g/mol. The number of anilines is 2. The van der Waals surface area contributed by atoms with Crippen molar-refractivity contribution in [3.05, 3.63) is 76.7 Å². The number of pyridine rings is 2. The fourth-order valence-corrected chi connectivity index (χ4v) is 9.96.